The number of aromatic nitrogens is 1. The van der Waals surface area contributed by atoms with Crippen LogP contribution in [0.2, 0.25) is 0 Å². The third-order valence-electron chi connectivity index (χ3n) is 3.40. The van der Waals surface area contributed by atoms with Gasteiger partial charge in [0.1, 0.15) is 11.5 Å². The summed E-state index contributed by atoms with van der Waals surface area (Å²) in [6.45, 7) is 8.65. The molecule has 0 fully saturated rings. The van der Waals surface area contributed by atoms with Gasteiger partial charge in [-0.2, -0.15) is 0 Å². The van der Waals surface area contributed by atoms with Crippen molar-refractivity contribution in [2.75, 3.05) is 18.0 Å². The molecule has 0 aliphatic carbocycles. The first-order valence-electron chi connectivity index (χ1n) is 6.67. The second-order valence-electron chi connectivity index (χ2n) is 4.54. The van der Waals surface area contributed by atoms with Crippen LogP contribution in [0, 0.1) is 11.3 Å². The number of amidine groups is 1. The largest absolute Gasteiger partial charge is 0.382 e. The van der Waals surface area contributed by atoms with E-state index in [1.807, 2.05) is 18.3 Å². The maximum absolute atomic E-state index is 7.33. The molecule has 1 aromatic heterocycles. The number of hydrogen-bond acceptors (Lipinski definition) is 3. The highest BCUT2D eigenvalue weighted by atomic mass is 15.1. The maximum atomic E-state index is 7.33. The summed E-state index contributed by atoms with van der Waals surface area (Å²) in [5.41, 5.74) is 7.05. The van der Waals surface area contributed by atoms with Crippen molar-refractivity contribution in [2.24, 2.45) is 11.7 Å². The zero-order valence-corrected chi connectivity index (χ0v) is 11.6. The number of nitrogens with zero attached hydrogens (tertiary/aromatic N) is 2. The highest BCUT2D eigenvalue weighted by Crippen LogP contribution is 2.17. The second-order valence-corrected chi connectivity index (χ2v) is 4.54. The number of pyridine rings is 1. The predicted octanol–water partition coefficient (Wildman–Crippen LogP) is 2.63. The molecular weight excluding hydrogens is 224 g/mol. The predicted molar refractivity (Wildman–Crippen MR) is 77.2 cm³/mol. The molecular formula is C14H24N4. The lowest BCUT2D eigenvalue weighted by molar-refractivity contribution is 0.486. The van der Waals surface area contributed by atoms with Gasteiger partial charge in [0.05, 0.1) is 11.9 Å². The molecule has 0 saturated carbocycles. The molecule has 1 aromatic rings. The van der Waals surface area contributed by atoms with Gasteiger partial charge in [-0.25, -0.2) is 0 Å². The first kappa shape index (κ1) is 14.5. The highest BCUT2D eigenvalue weighted by Gasteiger charge is 2.11. The Balaban J connectivity index is 2.78. The SMILES string of the molecule is CCC(CC)CN(CC)c1ccc(C(=N)N)nc1. The monoisotopic (exact) mass is 248 g/mol. The summed E-state index contributed by atoms with van der Waals surface area (Å²) in [6, 6.07) is 3.81. The fourth-order valence-corrected chi connectivity index (χ4v) is 2.01. The molecule has 18 heavy (non-hydrogen) atoms. The molecule has 0 radical (unpaired) electrons. The van der Waals surface area contributed by atoms with E-state index < -0.39 is 0 Å². The Bertz CT molecular complexity index is 368. The molecule has 4 nitrogen and oxygen atoms in total. The van der Waals surface area contributed by atoms with Gasteiger partial charge in [-0.15, -0.1) is 0 Å². The summed E-state index contributed by atoms with van der Waals surface area (Å²) in [7, 11) is 0. The number of nitrogen functional groups attached to an aromatic ring is 1. The first-order valence-corrected chi connectivity index (χ1v) is 6.67. The lowest BCUT2D eigenvalue weighted by Gasteiger charge is -2.27. The van der Waals surface area contributed by atoms with E-state index in [0.29, 0.717) is 5.69 Å². The molecule has 100 valence electrons. The molecule has 0 aromatic carbocycles. The Labute approximate surface area is 110 Å². The van der Waals surface area contributed by atoms with E-state index in [0.717, 1.165) is 24.7 Å². The van der Waals surface area contributed by atoms with Crippen LogP contribution in [-0.4, -0.2) is 23.9 Å². The molecule has 4 heteroatoms. The van der Waals surface area contributed by atoms with Crippen LogP contribution in [0.1, 0.15) is 39.3 Å². The number of nitrogens with two attached hydrogens (primary N) is 1. The summed E-state index contributed by atoms with van der Waals surface area (Å²) in [6.07, 6.45) is 4.21. The van der Waals surface area contributed by atoms with Crippen LogP contribution < -0.4 is 10.6 Å². The van der Waals surface area contributed by atoms with Gasteiger partial charge in [0.2, 0.25) is 0 Å². The van der Waals surface area contributed by atoms with E-state index in [1.54, 1.807) is 0 Å². The minimum Gasteiger partial charge on any atom is -0.382 e. The van der Waals surface area contributed by atoms with Crippen LogP contribution in [0.25, 0.3) is 0 Å². The first-order chi connectivity index (χ1) is 8.62. The quantitative estimate of drug-likeness (QED) is 0.576. The van der Waals surface area contributed by atoms with Crippen LogP contribution in [0.15, 0.2) is 18.3 Å². The third-order valence-corrected chi connectivity index (χ3v) is 3.40. The zero-order valence-electron chi connectivity index (χ0n) is 11.6. The minimum atomic E-state index is 0.0181. The van der Waals surface area contributed by atoms with Gasteiger partial charge in [-0.05, 0) is 25.0 Å². The Morgan fingerprint density at radius 2 is 2.00 bits per heavy atom. The van der Waals surface area contributed by atoms with Crippen LogP contribution >= 0.6 is 0 Å². The van der Waals surface area contributed by atoms with Crippen molar-refractivity contribution >= 4 is 11.5 Å². The summed E-state index contributed by atoms with van der Waals surface area (Å²) in [4.78, 5) is 6.54. The van der Waals surface area contributed by atoms with Crippen molar-refractivity contribution in [2.45, 2.75) is 33.6 Å². The van der Waals surface area contributed by atoms with Crippen molar-refractivity contribution < 1.29 is 0 Å². The number of anilines is 1. The van der Waals surface area contributed by atoms with Crippen LogP contribution in [0.5, 0.6) is 0 Å². The van der Waals surface area contributed by atoms with E-state index in [4.69, 9.17) is 11.1 Å². The maximum Gasteiger partial charge on any atom is 0.141 e. The van der Waals surface area contributed by atoms with E-state index in [2.05, 4.69) is 30.7 Å². The van der Waals surface area contributed by atoms with Crippen molar-refractivity contribution in [1.29, 1.82) is 5.41 Å². The van der Waals surface area contributed by atoms with E-state index in [9.17, 15) is 0 Å². The highest BCUT2D eigenvalue weighted by molar-refractivity contribution is 5.93. The van der Waals surface area contributed by atoms with Gasteiger partial charge in [-0.1, -0.05) is 26.7 Å². The normalized spacial score (nSPS) is 10.7. The lowest BCUT2D eigenvalue weighted by Crippen LogP contribution is -2.29. The average Bonchev–Trinajstić information content (AvgIpc) is 2.40. The number of nitrogens with one attached hydrogen (secondary N) is 1. The zero-order chi connectivity index (χ0) is 13.5. The van der Waals surface area contributed by atoms with E-state index >= 15 is 0 Å². The van der Waals surface area contributed by atoms with Gasteiger partial charge in [0, 0.05) is 13.1 Å². The molecule has 0 aliphatic rings. The average molecular weight is 248 g/mol. The second kappa shape index (κ2) is 6.99. The van der Waals surface area contributed by atoms with E-state index in [1.165, 1.54) is 12.8 Å². The molecule has 0 unspecified atom stereocenters. The molecule has 0 atom stereocenters. The molecule has 0 aliphatic heterocycles. The van der Waals surface area contributed by atoms with Gasteiger partial charge in [-0.3, -0.25) is 10.4 Å². The van der Waals surface area contributed by atoms with Crippen molar-refractivity contribution in [3.05, 3.63) is 24.0 Å². The Hall–Kier alpha value is -1.58. The Kier molecular flexibility index (Phi) is 5.62. The third kappa shape index (κ3) is 3.72. The van der Waals surface area contributed by atoms with Gasteiger partial charge >= 0.3 is 0 Å². The summed E-state index contributed by atoms with van der Waals surface area (Å²) in [5.74, 6) is 0.738. The smallest absolute Gasteiger partial charge is 0.141 e. The summed E-state index contributed by atoms with van der Waals surface area (Å²) >= 11 is 0. The van der Waals surface area contributed by atoms with Crippen molar-refractivity contribution in [3.63, 3.8) is 0 Å². The summed E-state index contributed by atoms with van der Waals surface area (Å²) in [5, 5.41) is 7.33. The van der Waals surface area contributed by atoms with E-state index in [-0.39, 0.29) is 5.84 Å². The van der Waals surface area contributed by atoms with Crippen molar-refractivity contribution in [3.8, 4) is 0 Å². The molecule has 3 N–H and O–H groups in total. The Morgan fingerprint density at radius 3 is 2.39 bits per heavy atom. The van der Waals surface area contributed by atoms with Gasteiger partial charge in [0.15, 0.2) is 0 Å². The number of rotatable bonds is 7. The topological polar surface area (TPSA) is 66.0 Å². The van der Waals surface area contributed by atoms with Crippen LogP contribution in [0.4, 0.5) is 5.69 Å². The molecule has 0 bridgehead atoms. The molecule has 1 heterocycles. The fourth-order valence-electron chi connectivity index (χ4n) is 2.01. The van der Waals surface area contributed by atoms with Gasteiger partial charge in [0.25, 0.3) is 0 Å². The molecule has 1 rings (SSSR count). The van der Waals surface area contributed by atoms with Crippen LogP contribution in [-0.2, 0) is 0 Å². The lowest BCUT2D eigenvalue weighted by atomic mass is 10.0. The minimum absolute atomic E-state index is 0.0181. The molecule has 0 amide bonds. The Morgan fingerprint density at radius 1 is 1.33 bits per heavy atom. The standard InChI is InChI=1S/C14H24N4/c1-4-11(5-2)10-18(6-3)12-7-8-13(14(15)16)17-9-12/h7-9,11H,4-6,10H2,1-3H3,(H3,15,16). The number of hydrogen-bond donors (Lipinski definition) is 2. The molecule has 0 spiro atoms. The fraction of sp³-hybridized carbons (Fsp3) is 0.571. The van der Waals surface area contributed by atoms with Gasteiger partial charge < -0.3 is 10.6 Å². The van der Waals surface area contributed by atoms with Crippen molar-refractivity contribution in [1.82, 2.24) is 4.98 Å². The molecule has 0 saturated heterocycles. The van der Waals surface area contributed by atoms with Crippen LogP contribution in [0.3, 0.4) is 0 Å². The summed E-state index contributed by atoms with van der Waals surface area (Å²) < 4.78 is 0.